The molecule has 7 heteroatoms. The van der Waals surface area contributed by atoms with Crippen LogP contribution in [0, 0.1) is 0 Å². The number of benzene rings is 1. The van der Waals surface area contributed by atoms with Crippen molar-refractivity contribution in [3.05, 3.63) is 59.9 Å². The van der Waals surface area contributed by atoms with Crippen LogP contribution >= 0.6 is 0 Å². The number of aromatic nitrogens is 1. The van der Waals surface area contributed by atoms with E-state index in [1.54, 1.807) is 11.1 Å². The number of anilines is 1. The maximum absolute atomic E-state index is 13.0. The largest absolute Gasteiger partial charge is 0.368 e. The number of rotatable bonds is 5. The monoisotopic (exact) mass is 393 g/mol. The number of nitrogens with zero attached hydrogens (tertiary/aromatic N) is 5. The van der Waals surface area contributed by atoms with Crippen LogP contribution in [0.1, 0.15) is 16.1 Å². The Kier molecular flexibility index (Phi) is 6.05. The Labute approximate surface area is 171 Å². The summed E-state index contributed by atoms with van der Waals surface area (Å²) in [5, 5.41) is 0. The number of carbonyl (C=O) groups is 2. The summed E-state index contributed by atoms with van der Waals surface area (Å²) in [5.74, 6) is -0.00209. The molecule has 0 N–H and O–H groups in total. The Morgan fingerprint density at radius 1 is 0.931 bits per heavy atom. The number of piperazine rings is 2. The quantitative estimate of drug-likeness (QED) is 0.717. The lowest BCUT2D eigenvalue weighted by Crippen LogP contribution is -2.48. The number of amides is 2. The Bertz CT molecular complexity index is 828. The normalized spacial score (nSPS) is 18.0. The van der Waals surface area contributed by atoms with E-state index < -0.39 is 0 Å². The van der Waals surface area contributed by atoms with Crippen LogP contribution in [0.2, 0.25) is 0 Å². The van der Waals surface area contributed by atoms with Gasteiger partial charge in [-0.3, -0.25) is 19.5 Å². The van der Waals surface area contributed by atoms with Gasteiger partial charge < -0.3 is 14.7 Å². The summed E-state index contributed by atoms with van der Waals surface area (Å²) in [4.78, 5) is 36.5. The standard InChI is InChI=1S/C22H27N5O2/c28-18-25-10-12-26(13-11-25)20-6-7-23-21(16-20)22(29)27-14-8-24(9-15-27)17-19-4-2-1-3-5-19/h1-7,16,18H,8-15,17H2. The van der Waals surface area contributed by atoms with Gasteiger partial charge in [-0.2, -0.15) is 0 Å². The van der Waals surface area contributed by atoms with E-state index in [0.717, 1.165) is 57.9 Å². The molecule has 2 saturated heterocycles. The van der Waals surface area contributed by atoms with Crippen LogP contribution in [0.25, 0.3) is 0 Å². The Morgan fingerprint density at radius 2 is 1.66 bits per heavy atom. The fraction of sp³-hybridized carbons (Fsp3) is 0.409. The van der Waals surface area contributed by atoms with Crippen molar-refractivity contribution in [3.63, 3.8) is 0 Å². The maximum Gasteiger partial charge on any atom is 0.272 e. The van der Waals surface area contributed by atoms with Crippen LogP contribution < -0.4 is 4.90 Å². The first kappa shape index (κ1) is 19.4. The lowest BCUT2D eigenvalue weighted by Gasteiger charge is -2.35. The molecule has 0 aliphatic carbocycles. The topological polar surface area (TPSA) is 60.0 Å². The third-order valence-electron chi connectivity index (χ3n) is 5.70. The third-order valence-corrected chi connectivity index (χ3v) is 5.70. The van der Waals surface area contributed by atoms with Crippen molar-refractivity contribution in [2.75, 3.05) is 57.3 Å². The molecule has 7 nitrogen and oxygen atoms in total. The van der Waals surface area contributed by atoms with Crippen LogP contribution in [0.3, 0.4) is 0 Å². The number of hydrogen-bond acceptors (Lipinski definition) is 5. The van der Waals surface area contributed by atoms with Gasteiger partial charge in [-0.15, -0.1) is 0 Å². The van der Waals surface area contributed by atoms with Gasteiger partial charge >= 0.3 is 0 Å². The first-order chi connectivity index (χ1) is 14.2. The smallest absolute Gasteiger partial charge is 0.272 e. The first-order valence-electron chi connectivity index (χ1n) is 10.2. The van der Waals surface area contributed by atoms with Crippen LogP contribution in [0.4, 0.5) is 5.69 Å². The second kappa shape index (κ2) is 9.05. The molecular weight excluding hydrogens is 366 g/mol. The second-order valence-electron chi connectivity index (χ2n) is 7.58. The highest BCUT2D eigenvalue weighted by Crippen LogP contribution is 2.18. The Hall–Kier alpha value is -2.93. The Balaban J connectivity index is 1.34. The maximum atomic E-state index is 13.0. The molecule has 0 bridgehead atoms. The predicted molar refractivity (Wildman–Crippen MR) is 112 cm³/mol. The van der Waals surface area contributed by atoms with Gasteiger partial charge in [-0.1, -0.05) is 30.3 Å². The molecule has 2 aliphatic rings. The van der Waals surface area contributed by atoms with E-state index >= 15 is 0 Å². The summed E-state index contributed by atoms with van der Waals surface area (Å²) in [6.45, 7) is 7.05. The fourth-order valence-electron chi connectivity index (χ4n) is 3.93. The van der Waals surface area contributed by atoms with Gasteiger partial charge in [0.05, 0.1) is 0 Å². The molecule has 0 saturated carbocycles. The van der Waals surface area contributed by atoms with Crippen molar-refractivity contribution in [2.24, 2.45) is 0 Å². The summed E-state index contributed by atoms with van der Waals surface area (Å²) in [6.07, 6.45) is 2.61. The zero-order valence-electron chi connectivity index (χ0n) is 16.6. The Morgan fingerprint density at radius 3 is 2.34 bits per heavy atom. The number of carbonyl (C=O) groups excluding carboxylic acids is 2. The summed E-state index contributed by atoms with van der Waals surface area (Å²) in [5.41, 5.74) is 2.80. The molecule has 0 radical (unpaired) electrons. The molecule has 29 heavy (non-hydrogen) atoms. The molecule has 0 spiro atoms. The molecular formula is C22H27N5O2. The van der Waals surface area contributed by atoms with Crippen molar-refractivity contribution in [1.29, 1.82) is 0 Å². The number of pyridine rings is 1. The minimum absolute atomic E-state index is 0.00209. The lowest BCUT2D eigenvalue weighted by molar-refractivity contribution is -0.118. The molecule has 152 valence electrons. The highest BCUT2D eigenvalue weighted by molar-refractivity contribution is 5.93. The lowest BCUT2D eigenvalue weighted by atomic mass is 10.2. The molecule has 0 unspecified atom stereocenters. The highest BCUT2D eigenvalue weighted by atomic mass is 16.2. The van der Waals surface area contributed by atoms with E-state index in [2.05, 4.69) is 39.0 Å². The van der Waals surface area contributed by atoms with Gasteiger partial charge in [-0.05, 0) is 17.7 Å². The molecule has 0 atom stereocenters. The van der Waals surface area contributed by atoms with Crippen molar-refractivity contribution < 1.29 is 9.59 Å². The molecule has 2 aliphatic heterocycles. The van der Waals surface area contributed by atoms with Gasteiger partial charge in [0.15, 0.2) is 0 Å². The van der Waals surface area contributed by atoms with E-state index in [-0.39, 0.29) is 5.91 Å². The van der Waals surface area contributed by atoms with Crippen molar-refractivity contribution in [2.45, 2.75) is 6.54 Å². The average molecular weight is 393 g/mol. The predicted octanol–water partition coefficient (Wildman–Crippen LogP) is 1.32. The van der Waals surface area contributed by atoms with Crippen LogP contribution in [-0.4, -0.2) is 84.4 Å². The van der Waals surface area contributed by atoms with Crippen molar-refractivity contribution in [3.8, 4) is 0 Å². The minimum Gasteiger partial charge on any atom is -0.368 e. The van der Waals surface area contributed by atoms with Crippen LogP contribution in [0.15, 0.2) is 48.7 Å². The van der Waals surface area contributed by atoms with E-state index in [1.807, 2.05) is 23.1 Å². The second-order valence-corrected chi connectivity index (χ2v) is 7.58. The van der Waals surface area contributed by atoms with Gasteiger partial charge in [0.25, 0.3) is 5.91 Å². The fourth-order valence-corrected chi connectivity index (χ4v) is 3.93. The van der Waals surface area contributed by atoms with E-state index in [9.17, 15) is 9.59 Å². The zero-order valence-corrected chi connectivity index (χ0v) is 16.6. The van der Waals surface area contributed by atoms with E-state index in [0.29, 0.717) is 18.8 Å². The van der Waals surface area contributed by atoms with Gasteiger partial charge in [0.2, 0.25) is 6.41 Å². The first-order valence-corrected chi connectivity index (χ1v) is 10.2. The molecule has 1 aromatic carbocycles. The van der Waals surface area contributed by atoms with Gasteiger partial charge in [0.1, 0.15) is 5.69 Å². The van der Waals surface area contributed by atoms with Crippen LogP contribution in [0.5, 0.6) is 0 Å². The summed E-state index contributed by atoms with van der Waals surface area (Å²) in [6, 6.07) is 14.3. The van der Waals surface area contributed by atoms with E-state index in [1.165, 1.54) is 5.56 Å². The summed E-state index contributed by atoms with van der Waals surface area (Å²) < 4.78 is 0. The molecule has 2 aromatic rings. The van der Waals surface area contributed by atoms with Gasteiger partial charge in [-0.25, -0.2) is 0 Å². The molecule has 3 heterocycles. The molecule has 2 amide bonds. The van der Waals surface area contributed by atoms with Gasteiger partial charge in [0, 0.05) is 70.8 Å². The molecule has 1 aromatic heterocycles. The average Bonchev–Trinajstić information content (AvgIpc) is 2.80. The zero-order chi connectivity index (χ0) is 20.1. The highest BCUT2D eigenvalue weighted by Gasteiger charge is 2.24. The number of hydrogen-bond donors (Lipinski definition) is 0. The SMILES string of the molecule is O=CN1CCN(c2ccnc(C(=O)N3CCN(Cc4ccccc4)CC3)c2)CC1. The third kappa shape index (κ3) is 4.74. The van der Waals surface area contributed by atoms with E-state index in [4.69, 9.17) is 0 Å². The molecule has 2 fully saturated rings. The summed E-state index contributed by atoms with van der Waals surface area (Å²) >= 11 is 0. The van der Waals surface area contributed by atoms with Crippen molar-refractivity contribution >= 4 is 18.0 Å². The van der Waals surface area contributed by atoms with Crippen molar-refractivity contribution in [1.82, 2.24) is 19.7 Å². The molecule has 4 rings (SSSR count). The summed E-state index contributed by atoms with van der Waals surface area (Å²) in [7, 11) is 0. The minimum atomic E-state index is -0.00209. The van der Waals surface area contributed by atoms with Crippen LogP contribution in [-0.2, 0) is 11.3 Å².